The van der Waals surface area contributed by atoms with Gasteiger partial charge in [-0.2, -0.15) is 13.1 Å². The van der Waals surface area contributed by atoms with Crippen LogP contribution < -0.4 is 9.86 Å². The van der Waals surface area contributed by atoms with Crippen LogP contribution in [0.25, 0.3) is 0 Å². The van der Waals surface area contributed by atoms with Gasteiger partial charge in [0, 0.05) is 47.4 Å². The van der Waals surface area contributed by atoms with Gasteiger partial charge in [-0.15, -0.1) is 11.3 Å². The highest BCUT2D eigenvalue weighted by molar-refractivity contribution is 7.87. The van der Waals surface area contributed by atoms with Gasteiger partial charge in [-0.3, -0.25) is 9.79 Å². The maximum Gasteiger partial charge on any atom is 0.274 e. The topological polar surface area (TPSA) is 118 Å². The molecule has 1 saturated heterocycles. The second-order valence-corrected chi connectivity index (χ2v) is 9.27. The second-order valence-electron chi connectivity index (χ2n) is 7.05. The van der Waals surface area contributed by atoms with Crippen LogP contribution in [-0.4, -0.2) is 42.5 Å². The van der Waals surface area contributed by atoms with Gasteiger partial charge in [0.15, 0.2) is 34.1 Å². The van der Waals surface area contributed by atoms with Crippen molar-refractivity contribution in [2.45, 2.75) is 25.4 Å². The lowest BCUT2D eigenvalue weighted by Gasteiger charge is -2.31. The van der Waals surface area contributed by atoms with E-state index in [4.69, 9.17) is 5.14 Å². The first-order valence-electron chi connectivity index (χ1n) is 8.99. The average Bonchev–Trinajstić information content (AvgIpc) is 3.33. The number of nitrogens with zero attached hydrogens (tertiary/aromatic N) is 3. The average molecular weight is 471 g/mol. The van der Waals surface area contributed by atoms with Crippen molar-refractivity contribution in [3.05, 3.63) is 63.0 Å². The van der Waals surface area contributed by atoms with Crippen molar-refractivity contribution in [1.82, 2.24) is 14.6 Å². The van der Waals surface area contributed by atoms with Crippen LogP contribution in [0.5, 0.6) is 0 Å². The minimum absolute atomic E-state index is 0.0592. The predicted octanol–water partition coefficient (Wildman–Crippen LogP) is 1.77. The van der Waals surface area contributed by atoms with Gasteiger partial charge in [-0.25, -0.2) is 23.3 Å². The molecule has 2 aromatic rings. The van der Waals surface area contributed by atoms with E-state index >= 15 is 0 Å². The molecule has 164 valence electrons. The van der Waals surface area contributed by atoms with Crippen molar-refractivity contribution in [1.29, 1.82) is 0 Å². The number of aliphatic imine (C=N–C) groups is 1. The molecule has 3 heterocycles. The summed E-state index contributed by atoms with van der Waals surface area (Å²) in [5.41, 5.74) is 0.139. The van der Waals surface area contributed by atoms with E-state index in [1.807, 2.05) is 0 Å². The minimum Gasteiger partial charge on any atom is -0.326 e. The van der Waals surface area contributed by atoms with Gasteiger partial charge in [0.2, 0.25) is 0 Å². The summed E-state index contributed by atoms with van der Waals surface area (Å²) in [7, 11) is -4.03. The van der Waals surface area contributed by atoms with Crippen LogP contribution in [0.2, 0.25) is 0 Å². The molecule has 2 aliphatic rings. The van der Waals surface area contributed by atoms with Crippen molar-refractivity contribution in [3.8, 4) is 0 Å². The number of thiazole rings is 1. The molecule has 13 heteroatoms. The first kappa shape index (κ1) is 21.6. The van der Waals surface area contributed by atoms with Crippen LogP contribution >= 0.6 is 11.3 Å². The standard InChI is InChI=1S/C18H16F3N5O3S2/c1-8(27)13-12-6-9(25-31(22,28)29)7-26(12)17(18-23-4-5-30-18)24-16(13)10-2-3-11(19)15(21)14(10)20/h2-5,9,16,25H,6-7H2,1H3,(H2,22,28,29)/t9-,16-/m0/s1. The number of carbonyl (C=O) groups excluding carboxylic acids is 1. The highest BCUT2D eigenvalue weighted by atomic mass is 32.2. The molecule has 3 N–H and O–H groups in total. The number of ketones is 1. The number of benzene rings is 1. The zero-order valence-electron chi connectivity index (χ0n) is 16.0. The van der Waals surface area contributed by atoms with Gasteiger partial charge < -0.3 is 4.90 Å². The smallest absolute Gasteiger partial charge is 0.274 e. The van der Waals surface area contributed by atoms with Gasteiger partial charge in [-0.1, -0.05) is 6.07 Å². The van der Waals surface area contributed by atoms with Gasteiger partial charge in [0.05, 0.1) is 0 Å². The van der Waals surface area contributed by atoms with Crippen LogP contribution in [-0.2, 0) is 15.0 Å². The number of hydrogen-bond donors (Lipinski definition) is 2. The number of nitrogens with two attached hydrogens (primary N) is 1. The molecule has 8 nitrogen and oxygen atoms in total. The Kier molecular flexibility index (Phi) is 5.45. The van der Waals surface area contributed by atoms with E-state index in [9.17, 15) is 26.4 Å². The molecule has 0 bridgehead atoms. The highest BCUT2D eigenvalue weighted by Crippen LogP contribution is 2.41. The monoisotopic (exact) mass is 471 g/mol. The molecule has 1 fully saturated rings. The molecule has 2 atom stereocenters. The Morgan fingerprint density at radius 3 is 2.65 bits per heavy atom. The number of fused-ring (bicyclic) bond motifs is 1. The summed E-state index contributed by atoms with van der Waals surface area (Å²) in [5.74, 6) is -4.68. The van der Waals surface area contributed by atoms with E-state index in [0.717, 1.165) is 12.1 Å². The maximum absolute atomic E-state index is 14.6. The van der Waals surface area contributed by atoms with Crippen molar-refractivity contribution in [2.24, 2.45) is 10.1 Å². The van der Waals surface area contributed by atoms with Gasteiger partial charge >= 0.3 is 0 Å². The lowest BCUT2D eigenvalue weighted by Crippen LogP contribution is -2.42. The fourth-order valence-electron chi connectivity index (χ4n) is 3.81. The molecule has 0 amide bonds. The molecule has 31 heavy (non-hydrogen) atoms. The lowest BCUT2D eigenvalue weighted by molar-refractivity contribution is -0.114. The SMILES string of the molecule is CC(=O)C1=C2C[C@H](NS(N)(=O)=O)CN2C(c2nccs2)=N[C@H]1c1ccc(F)c(F)c1F. The Hall–Kier alpha value is -2.61. The first-order chi connectivity index (χ1) is 14.6. The third kappa shape index (κ3) is 4.01. The Bertz CT molecular complexity index is 1230. The summed E-state index contributed by atoms with van der Waals surface area (Å²) >= 11 is 1.23. The number of nitrogens with one attached hydrogen (secondary N) is 1. The van der Waals surface area contributed by atoms with Crippen LogP contribution in [0.4, 0.5) is 13.2 Å². The third-order valence-electron chi connectivity index (χ3n) is 4.95. The van der Waals surface area contributed by atoms with E-state index in [1.165, 1.54) is 24.5 Å². The quantitative estimate of drug-likeness (QED) is 0.645. The Morgan fingerprint density at radius 1 is 1.29 bits per heavy atom. The van der Waals surface area contributed by atoms with Gasteiger partial charge in [-0.05, 0) is 13.0 Å². The van der Waals surface area contributed by atoms with Crippen molar-refractivity contribution in [3.63, 3.8) is 0 Å². The summed E-state index contributed by atoms with van der Waals surface area (Å²) < 4.78 is 67.4. The summed E-state index contributed by atoms with van der Waals surface area (Å²) in [6.07, 6.45) is 1.59. The molecule has 4 rings (SSSR count). The normalized spacial score (nSPS) is 21.3. The van der Waals surface area contributed by atoms with Crippen LogP contribution in [0.3, 0.4) is 0 Å². The number of carbonyl (C=O) groups is 1. The van der Waals surface area contributed by atoms with E-state index in [2.05, 4.69) is 14.7 Å². The molecule has 0 radical (unpaired) electrons. The minimum atomic E-state index is -4.03. The molecular weight excluding hydrogens is 455 g/mol. The summed E-state index contributed by atoms with van der Waals surface area (Å²) in [6, 6.07) is -0.138. The zero-order valence-corrected chi connectivity index (χ0v) is 17.6. The van der Waals surface area contributed by atoms with Crippen LogP contribution in [0, 0.1) is 17.5 Å². The maximum atomic E-state index is 14.6. The summed E-state index contributed by atoms with van der Waals surface area (Å²) in [4.78, 5) is 22.8. The van der Waals surface area contributed by atoms with Crippen molar-refractivity contribution < 1.29 is 26.4 Å². The summed E-state index contributed by atoms with van der Waals surface area (Å²) in [6.45, 7) is 1.35. The molecule has 0 saturated carbocycles. The van der Waals surface area contributed by atoms with Crippen molar-refractivity contribution in [2.75, 3.05) is 6.54 Å². The third-order valence-corrected chi connectivity index (χ3v) is 6.38. The molecule has 0 unspecified atom stereocenters. The van der Waals surface area contributed by atoms with Crippen molar-refractivity contribution >= 4 is 33.2 Å². The number of amidine groups is 1. The Morgan fingerprint density at radius 2 is 2.03 bits per heavy atom. The summed E-state index contributed by atoms with van der Waals surface area (Å²) in [5, 5.41) is 7.21. The Balaban J connectivity index is 1.90. The van der Waals surface area contributed by atoms with E-state index < -0.39 is 45.5 Å². The molecular formula is C18H16F3N5O3S2. The van der Waals surface area contributed by atoms with Crippen LogP contribution in [0.1, 0.15) is 30.0 Å². The molecule has 0 aliphatic carbocycles. The largest absolute Gasteiger partial charge is 0.326 e. The predicted molar refractivity (Wildman–Crippen MR) is 107 cm³/mol. The van der Waals surface area contributed by atoms with E-state index in [0.29, 0.717) is 10.7 Å². The number of hydrogen-bond acceptors (Lipinski definition) is 7. The van der Waals surface area contributed by atoms with Crippen LogP contribution in [0.15, 0.2) is 40.0 Å². The first-order valence-corrected chi connectivity index (χ1v) is 11.4. The number of halogens is 3. The number of aromatic nitrogens is 1. The zero-order chi connectivity index (χ0) is 22.5. The Labute approximate surface area is 179 Å². The fourth-order valence-corrected chi connectivity index (χ4v) is 5.07. The van der Waals surface area contributed by atoms with Gasteiger partial charge in [0.1, 0.15) is 6.04 Å². The molecule has 0 spiro atoms. The van der Waals surface area contributed by atoms with E-state index in [1.54, 1.807) is 10.3 Å². The van der Waals surface area contributed by atoms with E-state index in [-0.39, 0.29) is 29.9 Å². The number of rotatable bonds is 5. The highest BCUT2D eigenvalue weighted by Gasteiger charge is 2.42. The molecule has 2 aliphatic heterocycles. The van der Waals surface area contributed by atoms with Gasteiger partial charge in [0.25, 0.3) is 10.2 Å². The fraction of sp³-hybridized carbons (Fsp3) is 0.278. The number of Topliss-reactive ketones (excluding diaryl/α,β-unsaturated/α-hetero) is 1. The molecule has 1 aromatic heterocycles. The molecule has 1 aromatic carbocycles. The lowest BCUT2D eigenvalue weighted by atomic mass is 9.91. The second kappa shape index (κ2) is 7.82.